The molecule has 2 aromatic heterocycles. The van der Waals surface area contributed by atoms with E-state index in [1.165, 1.54) is 24.8 Å². The highest BCUT2D eigenvalue weighted by Crippen LogP contribution is 2.37. The summed E-state index contributed by atoms with van der Waals surface area (Å²) >= 11 is 16.7. The molecule has 0 aliphatic heterocycles. The summed E-state index contributed by atoms with van der Waals surface area (Å²) < 4.78 is 7.69. The number of esters is 1. The van der Waals surface area contributed by atoms with Crippen LogP contribution in [0.2, 0.25) is 5.02 Å². The maximum absolute atomic E-state index is 12.6. The Labute approximate surface area is 215 Å². The molecule has 10 heteroatoms. The normalized spacial score (nSPS) is 13.5. The fraction of sp³-hybridized carbons (Fsp3) is 0.348. The van der Waals surface area contributed by atoms with Crippen molar-refractivity contribution in [2.75, 3.05) is 17.7 Å². The topological polar surface area (TPSA) is 68.2 Å². The Morgan fingerprint density at radius 1 is 1.21 bits per heavy atom. The maximum atomic E-state index is 12.6. The third kappa shape index (κ3) is 5.95. The molecular weight excluding hydrogens is 544 g/mol. The van der Waals surface area contributed by atoms with E-state index >= 15 is 0 Å². The van der Waals surface area contributed by atoms with E-state index in [2.05, 4.69) is 31.7 Å². The van der Waals surface area contributed by atoms with Gasteiger partial charge in [0, 0.05) is 16.1 Å². The summed E-state index contributed by atoms with van der Waals surface area (Å²) in [4.78, 5) is 13.9. The summed E-state index contributed by atoms with van der Waals surface area (Å²) in [6, 6.07) is 7.65. The molecule has 0 saturated carbocycles. The van der Waals surface area contributed by atoms with Gasteiger partial charge in [0.05, 0.1) is 23.7 Å². The van der Waals surface area contributed by atoms with Gasteiger partial charge in [-0.2, -0.15) is 5.10 Å². The van der Waals surface area contributed by atoms with Crippen molar-refractivity contribution in [3.05, 3.63) is 61.5 Å². The molecule has 0 radical (unpaired) electrons. The van der Waals surface area contributed by atoms with Crippen molar-refractivity contribution in [2.45, 2.75) is 45.1 Å². The second-order valence-electron chi connectivity index (χ2n) is 7.84. The van der Waals surface area contributed by atoms with Crippen LogP contribution in [0.1, 0.15) is 52.0 Å². The Morgan fingerprint density at radius 3 is 2.67 bits per heavy atom. The number of aromatic nitrogens is 2. The number of thiophene rings is 1. The van der Waals surface area contributed by atoms with Gasteiger partial charge in [0.25, 0.3) is 0 Å². The number of benzene rings is 1. The number of halogens is 2. The Kier molecular flexibility index (Phi) is 8.06. The quantitative estimate of drug-likeness (QED) is 0.265. The van der Waals surface area contributed by atoms with E-state index in [-0.39, 0.29) is 5.97 Å². The molecule has 174 valence electrons. The van der Waals surface area contributed by atoms with Crippen LogP contribution in [0.3, 0.4) is 0 Å². The smallest absolute Gasteiger partial charge is 0.341 e. The largest absolute Gasteiger partial charge is 0.465 e. The van der Waals surface area contributed by atoms with Gasteiger partial charge in [0.2, 0.25) is 0 Å². The minimum atomic E-state index is -0.327. The molecule has 1 aliphatic carbocycles. The van der Waals surface area contributed by atoms with Crippen LogP contribution in [0.15, 0.2) is 34.9 Å². The number of carbonyl (C=O) groups excluding carboxylic acids is 1. The van der Waals surface area contributed by atoms with Crippen molar-refractivity contribution in [3.8, 4) is 0 Å². The highest BCUT2D eigenvalue weighted by atomic mass is 79.9. The fourth-order valence-electron chi connectivity index (χ4n) is 3.91. The van der Waals surface area contributed by atoms with Crippen LogP contribution in [0.4, 0.5) is 10.8 Å². The maximum Gasteiger partial charge on any atom is 0.341 e. The third-order valence-electron chi connectivity index (χ3n) is 5.49. The van der Waals surface area contributed by atoms with Crippen molar-refractivity contribution in [2.24, 2.45) is 0 Å². The highest BCUT2D eigenvalue weighted by Gasteiger charge is 2.25. The molecule has 33 heavy (non-hydrogen) atoms. The zero-order valence-electron chi connectivity index (χ0n) is 18.1. The van der Waals surface area contributed by atoms with Gasteiger partial charge in [-0.05, 0) is 77.1 Å². The number of ether oxygens (including phenoxy) is 1. The molecule has 0 saturated heterocycles. The second-order valence-corrected chi connectivity index (χ2v) is 10.6. The minimum absolute atomic E-state index is 0.327. The van der Waals surface area contributed by atoms with Crippen molar-refractivity contribution in [1.29, 1.82) is 0 Å². The lowest BCUT2D eigenvalue weighted by atomic mass is 9.96. The van der Waals surface area contributed by atoms with Crippen LogP contribution >= 0.6 is 51.1 Å². The lowest BCUT2D eigenvalue weighted by Crippen LogP contribution is -2.21. The molecule has 0 atom stereocenters. The monoisotopic (exact) mass is 566 g/mol. The summed E-state index contributed by atoms with van der Waals surface area (Å²) in [6.07, 6.45) is 8.37. The first-order valence-corrected chi connectivity index (χ1v) is 13.1. The number of fused-ring (bicyclic) bond motifs is 1. The molecule has 0 fully saturated rings. The van der Waals surface area contributed by atoms with E-state index in [4.69, 9.17) is 28.6 Å². The number of anilines is 2. The van der Waals surface area contributed by atoms with Gasteiger partial charge in [-0.25, -0.2) is 4.79 Å². The number of hydrogen-bond acceptors (Lipinski definition) is 5. The molecule has 3 aromatic rings. The van der Waals surface area contributed by atoms with Crippen LogP contribution < -0.4 is 10.6 Å². The van der Waals surface area contributed by atoms with Gasteiger partial charge >= 0.3 is 5.97 Å². The van der Waals surface area contributed by atoms with Crippen LogP contribution in [-0.4, -0.2) is 28.0 Å². The van der Waals surface area contributed by atoms with E-state index in [1.807, 2.05) is 35.1 Å². The predicted octanol–water partition coefficient (Wildman–Crippen LogP) is 6.66. The Hall–Kier alpha value is -1.94. The third-order valence-corrected chi connectivity index (χ3v) is 7.74. The molecule has 0 unspecified atom stereocenters. The lowest BCUT2D eigenvalue weighted by Gasteiger charge is -2.11. The molecule has 0 spiro atoms. The van der Waals surface area contributed by atoms with Gasteiger partial charge in [0.15, 0.2) is 10.9 Å². The summed E-state index contributed by atoms with van der Waals surface area (Å²) in [6.45, 7) is 0.599. The molecule has 1 aromatic carbocycles. The van der Waals surface area contributed by atoms with E-state index < -0.39 is 0 Å². The standard InChI is InChI=1S/C23H24BrClN4O2S2/c1-31-22(30)19-16-6-4-2-3-5-7-18(16)33-21(19)27-23(32)26-20-17(24)13-29(28-20)12-14-8-10-15(25)11-9-14/h8-11,13H,2-7,12H2,1H3,(H2,26,27,28,32). The SMILES string of the molecule is COC(=O)c1c(NC(=S)Nc2nn(Cc3ccc(Cl)cc3)cc2Br)sc2c1CCCCCC2. The number of carbonyl (C=O) groups is 1. The number of aryl methyl sites for hydroxylation is 1. The second kappa shape index (κ2) is 11.0. The lowest BCUT2D eigenvalue weighted by molar-refractivity contribution is 0.0601. The van der Waals surface area contributed by atoms with Crippen LogP contribution in [0.25, 0.3) is 0 Å². The molecule has 2 heterocycles. The van der Waals surface area contributed by atoms with E-state index in [1.54, 1.807) is 11.3 Å². The number of methoxy groups -OCH3 is 1. The zero-order valence-corrected chi connectivity index (χ0v) is 22.1. The average molecular weight is 568 g/mol. The molecule has 1 aliphatic rings. The highest BCUT2D eigenvalue weighted by molar-refractivity contribution is 9.10. The number of nitrogens with one attached hydrogen (secondary N) is 2. The van der Waals surface area contributed by atoms with Gasteiger partial charge in [-0.1, -0.05) is 36.6 Å². The Morgan fingerprint density at radius 2 is 1.94 bits per heavy atom. The first kappa shape index (κ1) is 24.2. The van der Waals surface area contributed by atoms with Gasteiger partial charge in [0.1, 0.15) is 5.00 Å². The summed E-state index contributed by atoms with van der Waals surface area (Å²) in [5.74, 6) is 0.266. The summed E-state index contributed by atoms with van der Waals surface area (Å²) in [7, 11) is 1.42. The van der Waals surface area contributed by atoms with Gasteiger partial charge < -0.3 is 15.4 Å². The van der Waals surface area contributed by atoms with Crippen LogP contribution in [0, 0.1) is 0 Å². The van der Waals surface area contributed by atoms with Crippen molar-refractivity contribution >= 4 is 73.0 Å². The van der Waals surface area contributed by atoms with Crippen LogP contribution in [-0.2, 0) is 24.1 Å². The number of thiocarbonyl (C=S) groups is 1. The minimum Gasteiger partial charge on any atom is -0.465 e. The molecule has 4 rings (SSSR count). The first-order chi connectivity index (χ1) is 15.9. The van der Waals surface area contributed by atoms with Crippen LogP contribution in [0.5, 0.6) is 0 Å². The predicted molar refractivity (Wildman–Crippen MR) is 142 cm³/mol. The van der Waals surface area contributed by atoms with Crippen molar-refractivity contribution < 1.29 is 9.53 Å². The molecular formula is C23H24BrClN4O2S2. The average Bonchev–Trinajstić information content (AvgIpc) is 3.28. The van der Waals surface area contributed by atoms with Gasteiger partial charge in [-0.15, -0.1) is 11.3 Å². The molecule has 0 bridgehead atoms. The van der Waals surface area contributed by atoms with E-state index in [0.717, 1.165) is 46.3 Å². The number of hydrogen-bond donors (Lipinski definition) is 2. The number of nitrogens with zero attached hydrogens (tertiary/aromatic N) is 2. The summed E-state index contributed by atoms with van der Waals surface area (Å²) in [5.41, 5.74) is 2.79. The first-order valence-electron chi connectivity index (χ1n) is 10.7. The fourth-order valence-corrected chi connectivity index (χ4v) is 5.99. The molecule has 6 nitrogen and oxygen atoms in total. The van der Waals surface area contributed by atoms with E-state index in [0.29, 0.717) is 28.1 Å². The van der Waals surface area contributed by atoms with Gasteiger partial charge in [-0.3, -0.25) is 4.68 Å². The Bertz CT molecular complexity index is 1160. The molecule has 0 amide bonds. The van der Waals surface area contributed by atoms with Crippen molar-refractivity contribution in [1.82, 2.24) is 9.78 Å². The number of rotatable bonds is 5. The van der Waals surface area contributed by atoms with Crippen molar-refractivity contribution in [3.63, 3.8) is 0 Å². The van der Waals surface area contributed by atoms with E-state index in [9.17, 15) is 4.79 Å². The summed E-state index contributed by atoms with van der Waals surface area (Å²) in [5, 5.41) is 12.7. The Balaban J connectivity index is 1.50. The zero-order chi connectivity index (χ0) is 23.4. The molecule has 2 N–H and O–H groups in total.